The lowest BCUT2D eigenvalue weighted by Crippen LogP contribution is -2.23. The van der Waals surface area contributed by atoms with Gasteiger partial charge < -0.3 is 4.74 Å². The van der Waals surface area contributed by atoms with Gasteiger partial charge in [0.05, 0.1) is 16.7 Å². The molecule has 0 aliphatic rings. The molecule has 0 aliphatic heterocycles. The van der Waals surface area contributed by atoms with Gasteiger partial charge in [-0.15, -0.1) is 10.2 Å². The van der Waals surface area contributed by atoms with E-state index in [1.807, 2.05) is 13.8 Å². The monoisotopic (exact) mass is 500 g/mol. The Morgan fingerprint density at radius 1 is 1.16 bits per heavy atom. The Kier molecular flexibility index (Phi) is 7.50. The lowest BCUT2D eigenvalue weighted by molar-refractivity contribution is 0.102. The molecule has 1 heterocycles. The number of carbonyl (C=O) groups excluding carboxylic acids is 1. The van der Waals surface area contributed by atoms with Crippen LogP contribution in [0.2, 0.25) is 10.0 Å². The predicted molar refractivity (Wildman–Crippen MR) is 121 cm³/mol. The highest BCUT2D eigenvalue weighted by atomic mass is 35.5. The number of rotatable bonds is 8. The summed E-state index contributed by atoms with van der Waals surface area (Å²) in [4.78, 5) is 12.3. The summed E-state index contributed by atoms with van der Waals surface area (Å²) in [5.41, 5.74) is 0.893. The third-order valence-corrected chi connectivity index (χ3v) is 6.92. The molecule has 0 atom stereocenters. The van der Waals surface area contributed by atoms with Crippen LogP contribution >= 0.6 is 34.5 Å². The third kappa shape index (κ3) is 6.37. The van der Waals surface area contributed by atoms with Crippen molar-refractivity contribution in [1.82, 2.24) is 14.9 Å². The molecule has 0 bridgehead atoms. The molecule has 31 heavy (non-hydrogen) atoms. The minimum atomic E-state index is -3.93. The highest BCUT2D eigenvalue weighted by molar-refractivity contribution is 7.91. The highest BCUT2D eigenvalue weighted by Gasteiger charge is 2.21. The van der Waals surface area contributed by atoms with Gasteiger partial charge in [-0.3, -0.25) is 10.1 Å². The number of benzene rings is 2. The molecule has 164 valence electrons. The smallest absolute Gasteiger partial charge is 0.270 e. The molecule has 3 rings (SSSR count). The average Bonchev–Trinajstić information content (AvgIpc) is 3.15. The lowest BCUT2D eigenvalue weighted by Gasteiger charge is -2.11. The van der Waals surface area contributed by atoms with E-state index >= 15 is 0 Å². The molecular formula is C19H18Cl2N4O4S2. The van der Waals surface area contributed by atoms with Crippen molar-refractivity contribution < 1.29 is 17.9 Å². The van der Waals surface area contributed by atoms with E-state index in [-0.39, 0.29) is 32.7 Å². The molecule has 8 nitrogen and oxygen atoms in total. The van der Waals surface area contributed by atoms with Crippen LogP contribution in [0.3, 0.4) is 0 Å². The molecule has 0 saturated carbocycles. The van der Waals surface area contributed by atoms with Crippen molar-refractivity contribution in [3.05, 3.63) is 63.6 Å². The zero-order chi connectivity index (χ0) is 22.6. The normalized spacial score (nSPS) is 11.5. The number of nitrogens with zero attached hydrogens (tertiary/aromatic N) is 2. The summed E-state index contributed by atoms with van der Waals surface area (Å²) in [5, 5.41) is 10.4. The molecule has 0 unspecified atom stereocenters. The number of anilines is 1. The van der Waals surface area contributed by atoms with Gasteiger partial charge in [0.15, 0.2) is 0 Å². The first-order valence-corrected chi connectivity index (χ1v) is 12.0. The van der Waals surface area contributed by atoms with Crippen LogP contribution < -0.4 is 14.8 Å². The Morgan fingerprint density at radius 3 is 2.65 bits per heavy atom. The first-order chi connectivity index (χ1) is 14.6. The van der Waals surface area contributed by atoms with Crippen LogP contribution in [0.25, 0.3) is 0 Å². The fraction of sp³-hybridized carbons (Fsp3) is 0.211. The van der Waals surface area contributed by atoms with Gasteiger partial charge in [0.25, 0.3) is 15.9 Å². The fourth-order valence-corrected chi connectivity index (χ4v) is 4.90. The second kappa shape index (κ2) is 9.92. The summed E-state index contributed by atoms with van der Waals surface area (Å²) in [5.74, 6) is 0.0881. The van der Waals surface area contributed by atoms with Gasteiger partial charge in [-0.2, -0.15) is 0 Å². The molecule has 1 aromatic heterocycles. The van der Waals surface area contributed by atoms with Crippen LogP contribution in [0.4, 0.5) is 5.13 Å². The van der Waals surface area contributed by atoms with Crippen LogP contribution in [0, 0.1) is 0 Å². The maximum absolute atomic E-state index is 12.5. The van der Waals surface area contributed by atoms with Gasteiger partial charge >= 0.3 is 0 Å². The topological polar surface area (TPSA) is 110 Å². The van der Waals surface area contributed by atoms with Crippen molar-refractivity contribution in [2.45, 2.75) is 30.8 Å². The maximum Gasteiger partial charge on any atom is 0.270 e. The molecule has 2 N–H and O–H groups in total. The number of amides is 1. The van der Waals surface area contributed by atoms with Gasteiger partial charge in [-0.1, -0.05) is 46.7 Å². The van der Waals surface area contributed by atoms with Gasteiger partial charge in [0.1, 0.15) is 5.75 Å². The Balaban J connectivity index is 1.66. The lowest BCUT2D eigenvalue weighted by atomic mass is 10.2. The molecule has 0 aliphatic carbocycles. The molecule has 0 fully saturated rings. The predicted octanol–water partition coefficient (Wildman–Crippen LogP) is 4.36. The van der Waals surface area contributed by atoms with E-state index < -0.39 is 15.9 Å². The van der Waals surface area contributed by atoms with Crippen LogP contribution in [0.15, 0.2) is 46.8 Å². The van der Waals surface area contributed by atoms with Crippen LogP contribution in [-0.4, -0.2) is 30.6 Å². The van der Waals surface area contributed by atoms with Crippen molar-refractivity contribution >= 4 is 55.6 Å². The Labute approximate surface area is 193 Å². The molecule has 3 aromatic rings. The fourth-order valence-electron chi connectivity index (χ4n) is 2.45. The Bertz CT molecular complexity index is 1200. The third-order valence-electron chi connectivity index (χ3n) is 3.77. The van der Waals surface area contributed by atoms with Gasteiger partial charge in [0.2, 0.25) is 9.47 Å². The number of sulfonamides is 1. The van der Waals surface area contributed by atoms with E-state index in [1.54, 1.807) is 24.3 Å². The summed E-state index contributed by atoms with van der Waals surface area (Å²) in [6, 6.07) is 11.5. The largest absolute Gasteiger partial charge is 0.491 e. The van der Waals surface area contributed by atoms with E-state index in [2.05, 4.69) is 20.2 Å². The quantitative estimate of drug-likeness (QED) is 0.444. The van der Waals surface area contributed by atoms with E-state index in [4.69, 9.17) is 27.9 Å². The molecule has 0 radical (unpaired) electrons. The van der Waals surface area contributed by atoms with Crippen LogP contribution in [-0.2, 0) is 16.6 Å². The number of carbonyl (C=O) groups is 1. The number of ether oxygens (including phenoxy) is 1. The summed E-state index contributed by atoms with van der Waals surface area (Å²) in [7, 11) is -3.93. The second-order valence-corrected chi connectivity index (χ2v) is 10.4. The van der Waals surface area contributed by atoms with Gasteiger partial charge in [0, 0.05) is 11.6 Å². The van der Waals surface area contributed by atoms with E-state index in [9.17, 15) is 13.2 Å². The van der Waals surface area contributed by atoms with E-state index in [1.165, 1.54) is 18.2 Å². The number of aromatic nitrogens is 2. The van der Waals surface area contributed by atoms with Crippen molar-refractivity contribution in [3.8, 4) is 5.75 Å². The molecule has 0 spiro atoms. The highest BCUT2D eigenvalue weighted by Crippen LogP contribution is 2.24. The van der Waals surface area contributed by atoms with Crippen molar-refractivity contribution in [1.29, 1.82) is 0 Å². The Morgan fingerprint density at radius 2 is 1.94 bits per heavy atom. The zero-order valence-electron chi connectivity index (χ0n) is 16.4. The second-order valence-electron chi connectivity index (χ2n) is 6.59. The van der Waals surface area contributed by atoms with Gasteiger partial charge in [-0.05, 0) is 49.7 Å². The molecule has 1 amide bonds. The molecule has 12 heteroatoms. The van der Waals surface area contributed by atoms with E-state index in [0.717, 1.165) is 16.9 Å². The van der Waals surface area contributed by atoms with Crippen LogP contribution in [0.5, 0.6) is 5.75 Å². The summed E-state index contributed by atoms with van der Waals surface area (Å²) in [6.45, 7) is 3.85. The van der Waals surface area contributed by atoms with Crippen LogP contribution in [0.1, 0.15) is 29.8 Å². The van der Waals surface area contributed by atoms with E-state index in [0.29, 0.717) is 10.8 Å². The first kappa shape index (κ1) is 23.4. The van der Waals surface area contributed by atoms with Crippen molar-refractivity contribution in [3.63, 3.8) is 0 Å². The standard InChI is InChI=1S/C19H18Cl2N4O4S2/c1-11(2)29-14-5-3-4-12(8-14)10-22-31(27,28)19-25-24-18(30-19)23-17(26)15-7-6-13(20)9-16(15)21/h3-9,11,22H,10H2,1-2H3,(H,23,24,26). The summed E-state index contributed by atoms with van der Waals surface area (Å²) >= 11 is 12.6. The van der Waals surface area contributed by atoms with Gasteiger partial charge in [-0.25, -0.2) is 13.1 Å². The number of halogens is 2. The number of hydrogen-bond donors (Lipinski definition) is 2. The average molecular weight is 501 g/mol. The van der Waals surface area contributed by atoms with Crippen molar-refractivity contribution in [2.24, 2.45) is 0 Å². The number of hydrogen-bond acceptors (Lipinski definition) is 7. The Hall–Kier alpha value is -2.24. The van der Waals surface area contributed by atoms with Crippen molar-refractivity contribution in [2.75, 3.05) is 5.32 Å². The summed E-state index contributed by atoms with van der Waals surface area (Å²) in [6.07, 6.45) is 0.00437. The number of nitrogens with one attached hydrogen (secondary N) is 2. The molecule has 0 saturated heterocycles. The molecular weight excluding hydrogens is 483 g/mol. The minimum Gasteiger partial charge on any atom is -0.491 e. The zero-order valence-corrected chi connectivity index (χ0v) is 19.6. The SMILES string of the molecule is CC(C)Oc1cccc(CNS(=O)(=O)c2nnc(NC(=O)c3ccc(Cl)cc3Cl)s2)c1. The molecule has 2 aromatic carbocycles. The minimum absolute atomic E-state index is 0.00437. The maximum atomic E-state index is 12.5. The first-order valence-electron chi connectivity index (χ1n) is 8.99. The summed E-state index contributed by atoms with van der Waals surface area (Å²) < 4.78 is 32.9.